The summed E-state index contributed by atoms with van der Waals surface area (Å²) in [7, 11) is 0. The van der Waals surface area contributed by atoms with Crippen molar-refractivity contribution in [1.29, 1.82) is 0 Å². The average molecular weight is 279 g/mol. The number of hydrogen-bond donors (Lipinski definition) is 1. The number of rotatable bonds is 10. The molecule has 2 atom stereocenters. The fraction of sp³-hybridized carbons (Fsp3) is 0.600. The van der Waals surface area contributed by atoms with Crippen LogP contribution < -0.4 is 10.1 Å². The minimum Gasteiger partial charge on any atom is -0.491 e. The van der Waals surface area contributed by atoms with Crippen molar-refractivity contribution in [3.05, 3.63) is 24.3 Å². The molecule has 3 rings (SSSR count). The third kappa shape index (κ3) is 5.00. The standard InChI is InChI=1S/C15H21NO4/c1(7-17-8-14-9-19-14)6-16-12-2-4-13(5-3-12)18-10-15-11-20-15/h2-5,14-16H,1,6-11H2. The van der Waals surface area contributed by atoms with E-state index in [1.54, 1.807) is 0 Å². The van der Waals surface area contributed by atoms with Crippen molar-refractivity contribution >= 4 is 5.69 Å². The van der Waals surface area contributed by atoms with Crippen molar-refractivity contribution in [3.8, 4) is 5.75 Å². The van der Waals surface area contributed by atoms with Crippen LogP contribution in [0.4, 0.5) is 5.69 Å². The lowest BCUT2D eigenvalue weighted by Crippen LogP contribution is -2.08. The predicted molar refractivity (Wildman–Crippen MR) is 75.3 cm³/mol. The Morgan fingerprint density at radius 1 is 1.05 bits per heavy atom. The van der Waals surface area contributed by atoms with Crippen molar-refractivity contribution in [2.45, 2.75) is 18.6 Å². The Labute approximate surface area is 119 Å². The molecule has 5 heteroatoms. The van der Waals surface area contributed by atoms with Crippen LogP contribution in [-0.2, 0) is 14.2 Å². The summed E-state index contributed by atoms with van der Waals surface area (Å²) >= 11 is 0. The summed E-state index contributed by atoms with van der Waals surface area (Å²) in [5.41, 5.74) is 1.10. The van der Waals surface area contributed by atoms with Crippen molar-refractivity contribution in [2.24, 2.45) is 0 Å². The molecule has 0 saturated carbocycles. The highest BCUT2D eigenvalue weighted by Crippen LogP contribution is 2.18. The zero-order valence-electron chi connectivity index (χ0n) is 11.5. The molecule has 2 unspecified atom stereocenters. The number of ether oxygens (including phenoxy) is 4. The van der Waals surface area contributed by atoms with Gasteiger partial charge in [-0.2, -0.15) is 0 Å². The molecule has 2 aliphatic heterocycles. The van der Waals surface area contributed by atoms with Crippen LogP contribution in [0, 0.1) is 0 Å². The fourth-order valence-electron chi connectivity index (χ4n) is 1.81. The van der Waals surface area contributed by atoms with Crippen LogP contribution in [0.1, 0.15) is 6.42 Å². The lowest BCUT2D eigenvalue weighted by molar-refractivity contribution is 0.116. The minimum atomic E-state index is 0.300. The molecule has 2 aliphatic rings. The van der Waals surface area contributed by atoms with E-state index >= 15 is 0 Å². The monoisotopic (exact) mass is 279 g/mol. The molecule has 110 valence electrons. The number of hydrogen-bond acceptors (Lipinski definition) is 5. The molecular formula is C15H21NO4. The van der Waals surface area contributed by atoms with Gasteiger partial charge in [-0.15, -0.1) is 0 Å². The van der Waals surface area contributed by atoms with Gasteiger partial charge in [0, 0.05) is 18.8 Å². The van der Waals surface area contributed by atoms with Crippen LogP contribution in [0.3, 0.4) is 0 Å². The first-order valence-electron chi connectivity index (χ1n) is 7.18. The Balaban J connectivity index is 1.26. The SMILES string of the molecule is c1cc(OCC2CO2)ccc1NCCCOCC1CO1. The van der Waals surface area contributed by atoms with E-state index in [4.69, 9.17) is 18.9 Å². The third-order valence-corrected chi connectivity index (χ3v) is 3.19. The largest absolute Gasteiger partial charge is 0.491 e. The van der Waals surface area contributed by atoms with Gasteiger partial charge in [-0.25, -0.2) is 0 Å². The number of benzene rings is 1. The van der Waals surface area contributed by atoms with Gasteiger partial charge in [-0.3, -0.25) is 0 Å². The summed E-state index contributed by atoms with van der Waals surface area (Å²) in [5.74, 6) is 0.888. The lowest BCUT2D eigenvalue weighted by Gasteiger charge is -2.08. The molecule has 0 spiro atoms. The zero-order valence-corrected chi connectivity index (χ0v) is 11.5. The first-order chi connectivity index (χ1) is 9.90. The second-order valence-corrected chi connectivity index (χ2v) is 5.10. The second-order valence-electron chi connectivity index (χ2n) is 5.10. The number of nitrogens with one attached hydrogen (secondary N) is 1. The summed E-state index contributed by atoms with van der Waals surface area (Å²) in [6, 6.07) is 8.02. The normalized spacial score (nSPS) is 23.4. The Morgan fingerprint density at radius 3 is 2.45 bits per heavy atom. The van der Waals surface area contributed by atoms with Gasteiger partial charge in [-0.1, -0.05) is 0 Å². The van der Waals surface area contributed by atoms with Crippen molar-refractivity contribution in [1.82, 2.24) is 0 Å². The van der Waals surface area contributed by atoms with Gasteiger partial charge in [0.05, 0.1) is 19.8 Å². The highest BCUT2D eigenvalue weighted by Gasteiger charge is 2.23. The molecule has 1 aromatic rings. The molecule has 20 heavy (non-hydrogen) atoms. The van der Waals surface area contributed by atoms with Gasteiger partial charge < -0.3 is 24.3 Å². The first-order valence-corrected chi connectivity index (χ1v) is 7.18. The molecule has 0 aromatic heterocycles. The molecule has 1 N–H and O–H groups in total. The lowest BCUT2D eigenvalue weighted by atomic mass is 10.3. The average Bonchev–Trinajstić information content (AvgIpc) is 3.36. The maximum absolute atomic E-state index is 5.59. The Hall–Kier alpha value is -1.30. The number of epoxide rings is 2. The Morgan fingerprint density at radius 2 is 1.75 bits per heavy atom. The van der Waals surface area contributed by atoms with E-state index in [1.165, 1.54) is 0 Å². The van der Waals surface area contributed by atoms with Gasteiger partial charge in [0.2, 0.25) is 0 Å². The van der Waals surface area contributed by atoms with E-state index in [-0.39, 0.29) is 0 Å². The van der Waals surface area contributed by atoms with Crippen LogP contribution in [-0.4, -0.2) is 51.8 Å². The van der Waals surface area contributed by atoms with Crippen LogP contribution in [0.15, 0.2) is 24.3 Å². The van der Waals surface area contributed by atoms with Gasteiger partial charge >= 0.3 is 0 Å². The van der Waals surface area contributed by atoms with Gasteiger partial charge in [0.1, 0.15) is 24.6 Å². The summed E-state index contributed by atoms with van der Waals surface area (Å²) in [4.78, 5) is 0. The second kappa shape index (κ2) is 6.92. The summed E-state index contributed by atoms with van der Waals surface area (Å²) in [6.07, 6.45) is 1.65. The molecule has 1 aromatic carbocycles. The quantitative estimate of drug-likeness (QED) is 0.521. The van der Waals surface area contributed by atoms with E-state index in [2.05, 4.69) is 5.32 Å². The fourth-order valence-corrected chi connectivity index (χ4v) is 1.81. The van der Waals surface area contributed by atoms with E-state index in [9.17, 15) is 0 Å². The molecular weight excluding hydrogens is 258 g/mol. The third-order valence-electron chi connectivity index (χ3n) is 3.19. The van der Waals surface area contributed by atoms with Crippen molar-refractivity contribution in [2.75, 3.05) is 44.9 Å². The van der Waals surface area contributed by atoms with Crippen LogP contribution in [0.5, 0.6) is 5.75 Å². The van der Waals surface area contributed by atoms with Crippen LogP contribution >= 0.6 is 0 Å². The summed E-state index contributed by atoms with van der Waals surface area (Å²) in [5, 5.41) is 3.36. The van der Waals surface area contributed by atoms with E-state index in [1.807, 2.05) is 24.3 Å². The predicted octanol–water partition coefficient (Wildman–Crippen LogP) is 1.68. The van der Waals surface area contributed by atoms with E-state index < -0.39 is 0 Å². The van der Waals surface area contributed by atoms with Gasteiger partial charge in [0.25, 0.3) is 0 Å². The molecule has 0 radical (unpaired) electrons. The molecule has 5 nitrogen and oxygen atoms in total. The minimum absolute atomic E-state index is 0.300. The first kappa shape index (κ1) is 13.7. The molecule has 2 fully saturated rings. The summed E-state index contributed by atoms with van der Waals surface area (Å²) < 4.78 is 21.2. The number of anilines is 1. The van der Waals surface area contributed by atoms with Gasteiger partial charge in [0.15, 0.2) is 0 Å². The maximum Gasteiger partial charge on any atom is 0.119 e. The van der Waals surface area contributed by atoms with Crippen LogP contribution in [0.2, 0.25) is 0 Å². The van der Waals surface area contributed by atoms with Crippen LogP contribution in [0.25, 0.3) is 0 Å². The molecule has 0 bridgehead atoms. The molecule has 2 heterocycles. The maximum atomic E-state index is 5.59. The van der Waals surface area contributed by atoms with Crippen molar-refractivity contribution < 1.29 is 18.9 Å². The zero-order chi connectivity index (χ0) is 13.6. The van der Waals surface area contributed by atoms with Crippen molar-refractivity contribution in [3.63, 3.8) is 0 Å². The molecule has 0 aliphatic carbocycles. The van der Waals surface area contributed by atoms with E-state index in [0.717, 1.165) is 50.8 Å². The molecule has 2 saturated heterocycles. The highest BCUT2D eigenvalue weighted by molar-refractivity contribution is 5.46. The highest BCUT2D eigenvalue weighted by atomic mass is 16.6. The van der Waals surface area contributed by atoms with E-state index in [0.29, 0.717) is 18.8 Å². The van der Waals surface area contributed by atoms with Gasteiger partial charge in [-0.05, 0) is 30.7 Å². The smallest absolute Gasteiger partial charge is 0.119 e. The summed E-state index contributed by atoms with van der Waals surface area (Å²) in [6.45, 7) is 4.75. The Bertz CT molecular complexity index is 401. The molecule has 0 amide bonds. The Kier molecular flexibility index (Phi) is 4.73. The topological polar surface area (TPSA) is 55.5 Å².